The van der Waals surface area contributed by atoms with Crippen LogP contribution in [0.3, 0.4) is 0 Å². The van der Waals surface area contributed by atoms with Gasteiger partial charge in [-0.25, -0.2) is 8.42 Å². The molecule has 4 nitrogen and oxygen atoms in total. The molecule has 1 aliphatic rings. The van der Waals surface area contributed by atoms with Crippen LogP contribution in [-0.2, 0) is 14.8 Å². The minimum Gasteiger partial charge on any atom is -0.279 e. The molecule has 1 aliphatic heterocycles. The molecule has 0 unspecified atom stereocenters. The molecule has 1 atom stereocenters. The first-order valence-electron chi connectivity index (χ1n) is 6.70. The third-order valence-corrected chi connectivity index (χ3v) is 5.95. The van der Waals surface area contributed by atoms with Crippen molar-refractivity contribution in [2.75, 3.05) is 6.54 Å². The molecule has 21 heavy (non-hydrogen) atoms. The number of benzene rings is 2. The van der Waals surface area contributed by atoms with E-state index in [9.17, 15) is 13.2 Å². The quantitative estimate of drug-likeness (QED) is 0.816. The Balaban J connectivity index is 2.05. The standard InChI is InChI=1S/C15H14ClNO3S/c16-15(18)14-6-3-9-17(14)21(19,20)13-8-7-11-4-1-2-5-12(11)10-13/h1-2,4-5,7-8,10,14H,3,6,9H2/t14-/m0/s1. The van der Waals surface area contributed by atoms with Gasteiger partial charge in [-0.1, -0.05) is 30.3 Å². The van der Waals surface area contributed by atoms with Crippen molar-refractivity contribution in [1.29, 1.82) is 0 Å². The van der Waals surface area contributed by atoms with E-state index in [1.807, 2.05) is 24.3 Å². The summed E-state index contributed by atoms with van der Waals surface area (Å²) in [5.74, 6) is 0. The first kappa shape index (κ1) is 14.5. The normalized spacial score (nSPS) is 20.0. The van der Waals surface area contributed by atoms with Crippen LogP contribution in [0.1, 0.15) is 12.8 Å². The van der Waals surface area contributed by atoms with E-state index in [1.54, 1.807) is 18.2 Å². The lowest BCUT2D eigenvalue weighted by Crippen LogP contribution is -2.38. The van der Waals surface area contributed by atoms with Crippen molar-refractivity contribution in [3.05, 3.63) is 42.5 Å². The summed E-state index contributed by atoms with van der Waals surface area (Å²) in [6.45, 7) is 0.332. The Kier molecular flexibility index (Phi) is 3.73. The highest BCUT2D eigenvalue weighted by Crippen LogP contribution is 2.29. The van der Waals surface area contributed by atoms with E-state index in [1.165, 1.54) is 4.31 Å². The molecule has 6 heteroatoms. The summed E-state index contributed by atoms with van der Waals surface area (Å²) in [6.07, 6.45) is 1.13. The van der Waals surface area contributed by atoms with Gasteiger partial charge in [0.25, 0.3) is 0 Å². The van der Waals surface area contributed by atoms with E-state index < -0.39 is 21.3 Å². The van der Waals surface area contributed by atoms with Gasteiger partial charge in [-0.2, -0.15) is 4.31 Å². The SMILES string of the molecule is O=C(Cl)[C@@H]1CCCN1S(=O)(=O)c1ccc2ccccc2c1. The van der Waals surface area contributed by atoms with Gasteiger partial charge in [0, 0.05) is 6.54 Å². The fraction of sp³-hybridized carbons (Fsp3) is 0.267. The molecular formula is C15H14ClNO3S. The number of rotatable bonds is 3. The van der Waals surface area contributed by atoms with Gasteiger partial charge < -0.3 is 0 Å². The average molecular weight is 324 g/mol. The Morgan fingerprint density at radius 2 is 1.86 bits per heavy atom. The van der Waals surface area contributed by atoms with Gasteiger partial charge >= 0.3 is 0 Å². The Bertz CT molecular complexity index is 803. The monoisotopic (exact) mass is 323 g/mol. The summed E-state index contributed by atoms with van der Waals surface area (Å²) < 4.78 is 26.6. The van der Waals surface area contributed by atoms with Crippen molar-refractivity contribution in [3.8, 4) is 0 Å². The molecule has 2 aromatic carbocycles. The molecule has 110 valence electrons. The summed E-state index contributed by atoms with van der Waals surface area (Å²) in [7, 11) is -3.70. The van der Waals surface area contributed by atoms with Crippen molar-refractivity contribution in [3.63, 3.8) is 0 Å². The molecule has 2 aromatic rings. The van der Waals surface area contributed by atoms with E-state index in [4.69, 9.17) is 11.6 Å². The highest BCUT2D eigenvalue weighted by atomic mass is 35.5. The number of carbonyl (C=O) groups is 1. The zero-order valence-corrected chi connectivity index (χ0v) is 12.8. The highest BCUT2D eigenvalue weighted by Gasteiger charge is 2.38. The van der Waals surface area contributed by atoms with E-state index in [2.05, 4.69) is 0 Å². The summed E-state index contributed by atoms with van der Waals surface area (Å²) in [4.78, 5) is 11.6. The lowest BCUT2D eigenvalue weighted by molar-refractivity contribution is -0.114. The van der Waals surface area contributed by atoms with Crippen LogP contribution >= 0.6 is 11.6 Å². The molecule has 0 aromatic heterocycles. The minimum atomic E-state index is -3.70. The third-order valence-electron chi connectivity index (χ3n) is 3.79. The molecule has 0 N–H and O–H groups in total. The molecule has 1 heterocycles. The minimum absolute atomic E-state index is 0.200. The van der Waals surface area contributed by atoms with Gasteiger partial charge in [0.1, 0.15) is 0 Å². The molecule has 1 saturated heterocycles. The second-order valence-electron chi connectivity index (χ2n) is 5.09. The maximum atomic E-state index is 12.7. The molecule has 1 fully saturated rings. The van der Waals surface area contributed by atoms with Crippen LogP contribution in [0, 0.1) is 0 Å². The number of hydrogen-bond acceptors (Lipinski definition) is 3. The predicted molar refractivity (Wildman–Crippen MR) is 81.7 cm³/mol. The van der Waals surface area contributed by atoms with E-state index in [0.29, 0.717) is 19.4 Å². The van der Waals surface area contributed by atoms with E-state index in [-0.39, 0.29) is 4.90 Å². The van der Waals surface area contributed by atoms with E-state index in [0.717, 1.165) is 10.8 Å². The van der Waals surface area contributed by atoms with Crippen molar-refractivity contribution in [2.24, 2.45) is 0 Å². The van der Waals surface area contributed by atoms with Crippen LogP contribution in [0.5, 0.6) is 0 Å². The number of nitrogens with zero attached hydrogens (tertiary/aromatic N) is 1. The molecule has 3 rings (SSSR count). The van der Waals surface area contributed by atoms with Gasteiger partial charge in [0.15, 0.2) is 0 Å². The molecule has 0 aliphatic carbocycles. The van der Waals surface area contributed by atoms with Crippen molar-refractivity contribution in [2.45, 2.75) is 23.8 Å². The zero-order chi connectivity index (χ0) is 15.0. The molecule has 0 spiro atoms. The van der Waals surface area contributed by atoms with E-state index >= 15 is 0 Å². The Labute approximate surface area is 128 Å². The summed E-state index contributed by atoms with van der Waals surface area (Å²) in [6, 6.07) is 11.8. The molecular weight excluding hydrogens is 310 g/mol. The fourth-order valence-corrected chi connectivity index (χ4v) is 4.70. The van der Waals surface area contributed by atoms with Gasteiger partial charge in [-0.15, -0.1) is 0 Å². The molecule has 0 saturated carbocycles. The van der Waals surface area contributed by atoms with Crippen LogP contribution < -0.4 is 0 Å². The van der Waals surface area contributed by atoms with Crippen molar-refractivity contribution in [1.82, 2.24) is 4.31 Å². The summed E-state index contributed by atoms with van der Waals surface area (Å²) >= 11 is 5.52. The lowest BCUT2D eigenvalue weighted by Gasteiger charge is -2.21. The van der Waals surface area contributed by atoms with Crippen LogP contribution in [0.2, 0.25) is 0 Å². The van der Waals surface area contributed by atoms with Crippen molar-refractivity contribution >= 4 is 37.6 Å². The Morgan fingerprint density at radius 3 is 2.57 bits per heavy atom. The van der Waals surface area contributed by atoms with Crippen LogP contribution in [0.4, 0.5) is 0 Å². The average Bonchev–Trinajstić information content (AvgIpc) is 2.97. The third kappa shape index (κ3) is 2.57. The summed E-state index contributed by atoms with van der Waals surface area (Å²) in [5, 5.41) is 1.21. The van der Waals surface area contributed by atoms with Gasteiger partial charge in [0.05, 0.1) is 10.9 Å². The predicted octanol–water partition coefficient (Wildman–Crippen LogP) is 2.76. The first-order chi connectivity index (χ1) is 10.00. The molecule has 0 radical (unpaired) electrons. The van der Waals surface area contributed by atoms with Gasteiger partial charge in [-0.3, -0.25) is 4.79 Å². The zero-order valence-electron chi connectivity index (χ0n) is 11.2. The fourth-order valence-electron chi connectivity index (χ4n) is 2.72. The Morgan fingerprint density at radius 1 is 1.14 bits per heavy atom. The summed E-state index contributed by atoms with van der Waals surface area (Å²) in [5.41, 5.74) is 0. The van der Waals surface area contributed by atoms with Crippen molar-refractivity contribution < 1.29 is 13.2 Å². The number of fused-ring (bicyclic) bond motifs is 1. The maximum Gasteiger partial charge on any atom is 0.243 e. The second kappa shape index (κ2) is 5.40. The Hall–Kier alpha value is -1.43. The second-order valence-corrected chi connectivity index (χ2v) is 7.35. The molecule has 0 bridgehead atoms. The number of sulfonamides is 1. The lowest BCUT2D eigenvalue weighted by atomic mass is 10.1. The van der Waals surface area contributed by atoms with Gasteiger partial charge in [-0.05, 0) is 47.3 Å². The smallest absolute Gasteiger partial charge is 0.243 e. The molecule has 0 amide bonds. The number of halogens is 1. The van der Waals surface area contributed by atoms with Crippen LogP contribution in [0.25, 0.3) is 10.8 Å². The number of hydrogen-bond donors (Lipinski definition) is 0. The maximum absolute atomic E-state index is 12.7. The van der Waals surface area contributed by atoms with Crippen LogP contribution in [0.15, 0.2) is 47.4 Å². The van der Waals surface area contributed by atoms with Crippen LogP contribution in [-0.4, -0.2) is 30.6 Å². The highest BCUT2D eigenvalue weighted by molar-refractivity contribution is 7.89. The first-order valence-corrected chi connectivity index (χ1v) is 8.52. The number of carbonyl (C=O) groups excluding carboxylic acids is 1. The topological polar surface area (TPSA) is 54.5 Å². The van der Waals surface area contributed by atoms with Gasteiger partial charge in [0.2, 0.25) is 15.3 Å². The largest absolute Gasteiger partial charge is 0.279 e.